The van der Waals surface area contributed by atoms with Gasteiger partial charge in [-0.25, -0.2) is 4.90 Å². The van der Waals surface area contributed by atoms with Crippen molar-refractivity contribution in [3.05, 3.63) is 85.9 Å². The zero-order valence-electron chi connectivity index (χ0n) is 15.6. The predicted molar refractivity (Wildman–Crippen MR) is 123 cm³/mol. The second kappa shape index (κ2) is 7.86. The fourth-order valence-electron chi connectivity index (χ4n) is 3.38. The van der Waals surface area contributed by atoms with Crippen LogP contribution in [0.3, 0.4) is 0 Å². The highest BCUT2D eigenvalue weighted by Gasteiger charge is 2.36. The van der Waals surface area contributed by atoms with Gasteiger partial charge in [0.15, 0.2) is 0 Å². The highest BCUT2D eigenvalue weighted by atomic mass is 79.9. The second-order valence-corrected chi connectivity index (χ2v) is 8.89. The van der Waals surface area contributed by atoms with Crippen molar-refractivity contribution >= 4 is 62.2 Å². The molecule has 2 aromatic carbocycles. The van der Waals surface area contributed by atoms with Gasteiger partial charge in [0.25, 0.3) is 11.1 Å². The SMILES string of the molecule is Cc1cc(/C=C2/SC(=O)N(c3cccc(Cl)c3)C2=O)c(C)n1-c1ccccc1Br. The summed E-state index contributed by atoms with van der Waals surface area (Å²) in [5.74, 6) is -0.340. The summed E-state index contributed by atoms with van der Waals surface area (Å²) in [6.45, 7) is 4.01. The normalized spacial score (nSPS) is 15.6. The number of benzene rings is 2. The molecule has 0 saturated carbocycles. The number of rotatable bonds is 3. The molecule has 29 heavy (non-hydrogen) atoms. The molecule has 2 heterocycles. The Kier molecular flexibility index (Phi) is 5.42. The zero-order chi connectivity index (χ0) is 20.7. The van der Waals surface area contributed by atoms with Crippen molar-refractivity contribution in [3.63, 3.8) is 0 Å². The fourth-order valence-corrected chi connectivity index (χ4v) is 4.86. The van der Waals surface area contributed by atoms with Crippen LogP contribution in [0.5, 0.6) is 0 Å². The van der Waals surface area contributed by atoms with Crippen LogP contribution < -0.4 is 4.90 Å². The molecule has 0 radical (unpaired) electrons. The summed E-state index contributed by atoms with van der Waals surface area (Å²) in [5.41, 5.74) is 4.42. The van der Waals surface area contributed by atoms with Crippen LogP contribution in [0.2, 0.25) is 5.02 Å². The van der Waals surface area contributed by atoms with Crippen molar-refractivity contribution in [1.29, 1.82) is 0 Å². The molecule has 1 fully saturated rings. The van der Waals surface area contributed by atoms with E-state index in [4.69, 9.17) is 11.6 Å². The smallest absolute Gasteiger partial charge is 0.298 e. The lowest BCUT2D eigenvalue weighted by Crippen LogP contribution is -2.27. The third kappa shape index (κ3) is 3.68. The van der Waals surface area contributed by atoms with Crippen molar-refractivity contribution in [2.24, 2.45) is 0 Å². The van der Waals surface area contributed by atoms with E-state index < -0.39 is 0 Å². The highest BCUT2D eigenvalue weighted by Crippen LogP contribution is 2.37. The average Bonchev–Trinajstić information content (AvgIpc) is 3.11. The molecule has 7 heteroatoms. The molecule has 0 N–H and O–H groups in total. The zero-order valence-corrected chi connectivity index (χ0v) is 18.8. The van der Waals surface area contributed by atoms with E-state index in [1.54, 1.807) is 30.3 Å². The molecule has 4 rings (SSSR count). The van der Waals surface area contributed by atoms with E-state index >= 15 is 0 Å². The van der Waals surface area contributed by atoms with E-state index in [2.05, 4.69) is 20.5 Å². The van der Waals surface area contributed by atoms with Gasteiger partial charge in [0.2, 0.25) is 0 Å². The van der Waals surface area contributed by atoms with Gasteiger partial charge in [-0.3, -0.25) is 9.59 Å². The van der Waals surface area contributed by atoms with Crippen molar-refractivity contribution < 1.29 is 9.59 Å². The Bertz CT molecular complexity index is 1190. The molecule has 2 amide bonds. The minimum Gasteiger partial charge on any atom is -0.317 e. The standard InChI is InChI=1S/C22H16BrClN2O2S/c1-13-10-15(14(2)25(13)19-9-4-3-8-18(19)23)11-20-21(27)26(22(28)29-20)17-7-5-6-16(24)12-17/h3-12H,1-2H3/b20-11+. The Labute approximate surface area is 186 Å². The first-order chi connectivity index (χ1) is 13.9. The minimum absolute atomic E-state index is 0.330. The highest BCUT2D eigenvalue weighted by molar-refractivity contribution is 9.10. The maximum atomic E-state index is 12.9. The van der Waals surface area contributed by atoms with Crippen LogP contribution in [-0.4, -0.2) is 15.7 Å². The topological polar surface area (TPSA) is 42.3 Å². The Morgan fingerprint density at radius 3 is 2.52 bits per heavy atom. The maximum absolute atomic E-state index is 12.9. The summed E-state index contributed by atoms with van der Waals surface area (Å²) >= 11 is 10.6. The van der Waals surface area contributed by atoms with Crippen LogP contribution in [0, 0.1) is 13.8 Å². The Hall–Kier alpha value is -2.28. The van der Waals surface area contributed by atoms with Crippen LogP contribution in [0.25, 0.3) is 11.8 Å². The Morgan fingerprint density at radius 2 is 1.79 bits per heavy atom. The number of aromatic nitrogens is 1. The van der Waals surface area contributed by atoms with Gasteiger partial charge in [0, 0.05) is 20.9 Å². The number of imide groups is 1. The number of thioether (sulfide) groups is 1. The van der Waals surface area contributed by atoms with Gasteiger partial charge in [-0.05, 0) is 89.6 Å². The van der Waals surface area contributed by atoms with E-state index in [0.29, 0.717) is 15.6 Å². The average molecular weight is 488 g/mol. The second-order valence-electron chi connectivity index (χ2n) is 6.61. The van der Waals surface area contributed by atoms with Crippen molar-refractivity contribution in [2.45, 2.75) is 13.8 Å². The molecule has 0 unspecified atom stereocenters. The van der Waals surface area contributed by atoms with Gasteiger partial charge in [-0.15, -0.1) is 0 Å². The lowest BCUT2D eigenvalue weighted by molar-refractivity contribution is -0.113. The van der Waals surface area contributed by atoms with Gasteiger partial charge in [-0.2, -0.15) is 0 Å². The van der Waals surface area contributed by atoms with Crippen LogP contribution in [-0.2, 0) is 4.79 Å². The molecule has 1 aliphatic rings. The largest absolute Gasteiger partial charge is 0.317 e. The molecular weight excluding hydrogens is 472 g/mol. The summed E-state index contributed by atoms with van der Waals surface area (Å²) < 4.78 is 3.10. The number of carbonyl (C=O) groups excluding carboxylic acids is 2. The van der Waals surface area contributed by atoms with Crippen LogP contribution in [0.15, 0.2) is 64.0 Å². The van der Waals surface area contributed by atoms with Crippen molar-refractivity contribution in [1.82, 2.24) is 4.57 Å². The fraction of sp³-hybridized carbons (Fsp3) is 0.0909. The van der Waals surface area contributed by atoms with Gasteiger partial charge < -0.3 is 4.57 Å². The van der Waals surface area contributed by atoms with E-state index in [9.17, 15) is 9.59 Å². The molecule has 0 atom stereocenters. The third-order valence-electron chi connectivity index (χ3n) is 4.71. The molecule has 0 aliphatic carbocycles. The van der Waals surface area contributed by atoms with Gasteiger partial charge >= 0.3 is 0 Å². The number of hydrogen-bond donors (Lipinski definition) is 0. The number of para-hydroxylation sites is 1. The first-order valence-electron chi connectivity index (χ1n) is 8.84. The molecule has 1 aromatic heterocycles. The molecule has 0 bridgehead atoms. The molecule has 1 aliphatic heterocycles. The van der Waals surface area contributed by atoms with Gasteiger partial charge in [0.05, 0.1) is 16.3 Å². The van der Waals surface area contributed by atoms with E-state index in [-0.39, 0.29) is 11.1 Å². The summed E-state index contributed by atoms with van der Waals surface area (Å²) in [4.78, 5) is 27.0. The predicted octanol–water partition coefficient (Wildman–Crippen LogP) is 6.75. The Morgan fingerprint density at radius 1 is 1.03 bits per heavy atom. The number of nitrogens with zero attached hydrogens (tertiary/aromatic N) is 2. The van der Waals surface area contributed by atoms with Crippen LogP contribution in [0.1, 0.15) is 17.0 Å². The molecule has 4 nitrogen and oxygen atoms in total. The first-order valence-corrected chi connectivity index (χ1v) is 10.8. The van der Waals surface area contributed by atoms with Gasteiger partial charge in [0.1, 0.15) is 0 Å². The lowest BCUT2D eigenvalue weighted by Gasteiger charge is -2.12. The molecule has 1 saturated heterocycles. The number of amides is 2. The molecular formula is C22H16BrClN2O2S. The summed E-state index contributed by atoms with van der Waals surface area (Å²) in [6.07, 6.45) is 1.78. The van der Waals surface area contributed by atoms with Gasteiger partial charge in [-0.1, -0.05) is 29.8 Å². The Balaban J connectivity index is 1.73. The molecule has 0 spiro atoms. The number of carbonyl (C=O) groups is 2. The quantitative estimate of drug-likeness (QED) is 0.384. The van der Waals surface area contributed by atoms with Crippen LogP contribution >= 0.6 is 39.3 Å². The summed E-state index contributed by atoms with van der Waals surface area (Å²) in [6, 6.07) is 16.7. The lowest BCUT2D eigenvalue weighted by atomic mass is 10.2. The monoisotopic (exact) mass is 486 g/mol. The molecule has 146 valence electrons. The number of halogens is 2. The van der Waals surface area contributed by atoms with Crippen LogP contribution in [0.4, 0.5) is 10.5 Å². The molecule has 3 aromatic rings. The number of anilines is 1. The number of hydrogen-bond acceptors (Lipinski definition) is 3. The maximum Gasteiger partial charge on any atom is 0.298 e. The summed E-state index contributed by atoms with van der Waals surface area (Å²) in [7, 11) is 0. The third-order valence-corrected chi connectivity index (χ3v) is 6.49. The minimum atomic E-state index is -0.340. The number of aryl methyl sites for hydroxylation is 1. The van der Waals surface area contributed by atoms with E-state index in [1.165, 1.54) is 0 Å². The van der Waals surface area contributed by atoms with E-state index in [0.717, 1.165) is 43.8 Å². The summed E-state index contributed by atoms with van der Waals surface area (Å²) in [5, 5.41) is 0.144. The first kappa shape index (κ1) is 20.0. The van der Waals surface area contributed by atoms with E-state index in [1.807, 2.05) is 44.2 Å². The van der Waals surface area contributed by atoms with Crippen molar-refractivity contribution in [2.75, 3.05) is 4.90 Å². The van der Waals surface area contributed by atoms with Crippen molar-refractivity contribution in [3.8, 4) is 5.69 Å².